The normalized spacial score (nSPS) is 14.7. The third kappa shape index (κ3) is 8.41. The molecular weight excluding hydrogens is 619 g/mol. The summed E-state index contributed by atoms with van der Waals surface area (Å²) in [6.45, 7) is -0.130. The zero-order chi connectivity index (χ0) is 32.4. The number of thioether (sulfide) groups is 1. The summed E-state index contributed by atoms with van der Waals surface area (Å²) >= 11 is 1.16. The number of nitrogens with one attached hydrogen (secondary N) is 1. The van der Waals surface area contributed by atoms with E-state index in [1.54, 1.807) is 55.0 Å². The van der Waals surface area contributed by atoms with Gasteiger partial charge in [0, 0.05) is 11.3 Å². The maximum absolute atomic E-state index is 13.6. The molecule has 1 saturated heterocycles. The Balaban J connectivity index is 1.18. The second-order valence-electron chi connectivity index (χ2n) is 10.1. The van der Waals surface area contributed by atoms with Crippen molar-refractivity contribution >= 4 is 46.7 Å². The fourth-order valence-electron chi connectivity index (χ4n) is 4.45. The number of anilines is 1. The predicted molar refractivity (Wildman–Crippen MR) is 180 cm³/mol. The minimum Gasteiger partial charge on any atom is -0.483 e. The average molecular weight is 647 g/mol. The number of halogens is 1. The summed E-state index contributed by atoms with van der Waals surface area (Å²) in [6, 6.07) is 32.9. The third-order valence-electron chi connectivity index (χ3n) is 6.66. The lowest BCUT2D eigenvalue weighted by Gasteiger charge is -2.12. The van der Waals surface area contributed by atoms with E-state index in [1.807, 2.05) is 54.6 Å². The van der Waals surface area contributed by atoms with Gasteiger partial charge in [0.05, 0.1) is 23.9 Å². The SMILES string of the molecule is O=C(COc1ccccc1/C=C1\S/C(=N/N=C\c2cccc(Oc3ccccc3)c2)N(Cc2ccco2)C1=O)Nc1ccc(F)cc1. The first-order chi connectivity index (χ1) is 23.0. The second kappa shape index (κ2) is 14.9. The second-order valence-corrected chi connectivity index (χ2v) is 11.1. The largest absolute Gasteiger partial charge is 0.483 e. The summed E-state index contributed by atoms with van der Waals surface area (Å²) in [5, 5.41) is 11.7. The number of furan rings is 1. The van der Waals surface area contributed by atoms with E-state index in [4.69, 9.17) is 13.9 Å². The number of amidine groups is 1. The summed E-state index contributed by atoms with van der Waals surface area (Å²) in [7, 11) is 0. The van der Waals surface area contributed by atoms with Crippen LogP contribution in [0.4, 0.5) is 10.1 Å². The Morgan fingerprint density at radius 2 is 1.70 bits per heavy atom. The van der Waals surface area contributed by atoms with Gasteiger partial charge in [-0.25, -0.2) is 4.39 Å². The fraction of sp³-hybridized carbons (Fsp3) is 0.0556. The lowest BCUT2D eigenvalue weighted by Crippen LogP contribution is -2.28. The number of para-hydroxylation sites is 2. The number of carbonyl (C=O) groups is 2. The highest BCUT2D eigenvalue weighted by atomic mass is 32.2. The van der Waals surface area contributed by atoms with Gasteiger partial charge >= 0.3 is 0 Å². The van der Waals surface area contributed by atoms with Gasteiger partial charge in [-0.1, -0.05) is 48.5 Å². The van der Waals surface area contributed by atoms with Crippen LogP contribution in [0.25, 0.3) is 6.08 Å². The van der Waals surface area contributed by atoms with Crippen molar-refractivity contribution in [1.29, 1.82) is 0 Å². The summed E-state index contributed by atoms with van der Waals surface area (Å²) in [5.74, 6) is 1.25. The van der Waals surface area contributed by atoms with Crippen molar-refractivity contribution in [2.45, 2.75) is 6.54 Å². The molecule has 1 N–H and O–H groups in total. The number of hydrogen-bond acceptors (Lipinski definition) is 8. The minimum absolute atomic E-state index is 0.159. The lowest BCUT2D eigenvalue weighted by atomic mass is 10.2. The van der Waals surface area contributed by atoms with E-state index in [0.29, 0.717) is 38.6 Å². The van der Waals surface area contributed by atoms with Crippen LogP contribution in [0.15, 0.2) is 141 Å². The minimum atomic E-state index is -0.417. The highest BCUT2D eigenvalue weighted by Crippen LogP contribution is 2.35. The molecule has 234 valence electrons. The van der Waals surface area contributed by atoms with Gasteiger partial charge in [0.2, 0.25) is 0 Å². The van der Waals surface area contributed by atoms with Crippen molar-refractivity contribution in [3.63, 3.8) is 0 Å². The molecule has 0 radical (unpaired) electrons. The van der Waals surface area contributed by atoms with Gasteiger partial charge in [-0.05, 0) is 90.1 Å². The fourth-order valence-corrected chi connectivity index (χ4v) is 5.38. The molecule has 0 bridgehead atoms. The Hall–Kier alpha value is -5.94. The van der Waals surface area contributed by atoms with Crippen LogP contribution < -0.4 is 14.8 Å². The highest BCUT2D eigenvalue weighted by Gasteiger charge is 2.34. The Kier molecular flexibility index (Phi) is 9.84. The number of benzene rings is 4. The molecule has 47 heavy (non-hydrogen) atoms. The van der Waals surface area contributed by atoms with Crippen LogP contribution in [0.2, 0.25) is 0 Å². The number of hydrogen-bond donors (Lipinski definition) is 1. The molecule has 1 aliphatic heterocycles. The predicted octanol–water partition coefficient (Wildman–Crippen LogP) is 7.74. The van der Waals surface area contributed by atoms with E-state index < -0.39 is 11.7 Å². The molecule has 0 aliphatic carbocycles. The van der Waals surface area contributed by atoms with Crippen molar-refractivity contribution < 1.29 is 27.9 Å². The summed E-state index contributed by atoms with van der Waals surface area (Å²) in [5.41, 5.74) is 1.80. The van der Waals surface area contributed by atoms with Gasteiger partial charge in [0.1, 0.15) is 28.8 Å². The number of carbonyl (C=O) groups excluding carboxylic acids is 2. The highest BCUT2D eigenvalue weighted by molar-refractivity contribution is 8.18. The van der Waals surface area contributed by atoms with Crippen molar-refractivity contribution in [3.05, 3.63) is 149 Å². The molecule has 5 aromatic rings. The van der Waals surface area contributed by atoms with E-state index in [0.717, 1.165) is 23.1 Å². The van der Waals surface area contributed by atoms with Crippen LogP contribution in [0.3, 0.4) is 0 Å². The Bertz CT molecular complexity index is 1940. The zero-order valence-corrected chi connectivity index (χ0v) is 25.6. The molecule has 2 amide bonds. The Labute approximate surface area is 274 Å². The van der Waals surface area contributed by atoms with Gasteiger partial charge < -0.3 is 19.2 Å². The standard InChI is InChI=1S/C36H27FN4O5S/c37-27-15-17-28(18-16-27)39-34(42)24-45-32-14-5-4-9-26(32)21-33-35(43)41(23-31-13-7-19-44-31)36(47-33)40-38-22-25-8-6-12-30(20-25)46-29-10-2-1-3-11-29/h1-22H,23-24H2,(H,39,42)/b33-21-,38-22-,40-36+. The Morgan fingerprint density at radius 3 is 2.51 bits per heavy atom. The monoisotopic (exact) mass is 646 g/mol. The van der Waals surface area contributed by atoms with Crippen LogP contribution >= 0.6 is 11.8 Å². The molecule has 6 rings (SSSR count). The van der Waals surface area contributed by atoms with Gasteiger partial charge in [0.15, 0.2) is 11.8 Å². The molecule has 2 heterocycles. The van der Waals surface area contributed by atoms with Crippen LogP contribution in [0, 0.1) is 5.82 Å². The topological polar surface area (TPSA) is 106 Å². The first kappa shape index (κ1) is 31.1. The van der Waals surface area contributed by atoms with Gasteiger partial charge in [0.25, 0.3) is 11.8 Å². The van der Waals surface area contributed by atoms with E-state index >= 15 is 0 Å². The molecule has 11 heteroatoms. The molecule has 0 spiro atoms. The molecule has 1 aliphatic rings. The van der Waals surface area contributed by atoms with E-state index in [2.05, 4.69) is 15.5 Å². The van der Waals surface area contributed by atoms with Gasteiger partial charge in [-0.15, -0.1) is 5.10 Å². The average Bonchev–Trinajstić information content (AvgIpc) is 3.70. The van der Waals surface area contributed by atoms with Crippen molar-refractivity contribution in [1.82, 2.24) is 4.90 Å². The van der Waals surface area contributed by atoms with Crippen molar-refractivity contribution in [2.24, 2.45) is 10.2 Å². The van der Waals surface area contributed by atoms with Crippen LogP contribution in [-0.2, 0) is 16.1 Å². The summed E-state index contributed by atoms with van der Waals surface area (Å²) < 4.78 is 30.4. The smallest absolute Gasteiger partial charge is 0.267 e. The van der Waals surface area contributed by atoms with Crippen molar-refractivity contribution in [2.75, 3.05) is 11.9 Å². The molecule has 4 aromatic carbocycles. The maximum atomic E-state index is 13.6. The molecule has 1 aromatic heterocycles. The quantitative estimate of drug-likeness (QED) is 0.0895. The first-order valence-corrected chi connectivity index (χ1v) is 15.3. The molecule has 0 atom stereocenters. The molecule has 9 nitrogen and oxygen atoms in total. The van der Waals surface area contributed by atoms with Crippen LogP contribution in [0.1, 0.15) is 16.9 Å². The van der Waals surface area contributed by atoms with Crippen molar-refractivity contribution in [3.8, 4) is 17.2 Å². The number of amides is 2. The summed E-state index contributed by atoms with van der Waals surface area (Å²) in [6.07, 6.45) is 4.81. The lowest BCUT2D eigenvalue weighted by molar-refractivity contribution is -0.122. The van der Waals surface area contributed by atoms with Crippen LogP contribution in [0.5, 0.6) is 17.2 Å². The van der Waals surface area contributed by atoms with Gasteiger partial charge in [-0.3, -0.25) is 14.5 Å². The van der Waals surface area contributed by atoms with Gasteiger partial charge in [-0.2, -0.15) is 5.10 Å². The molecule has 0 saturated carbocycles. The molecular formula is C36H27FN4O5S. The zero-order valence-electron chi connectivity index (χ0n) is 24.8. The summed E-state index contributed by atoms with van der Waals surface area (Å²) in [4.78, 5) is 28.0. The number of nitrogens with zero attached hydrogens (tertiary/aromatic N) is 3. The Morgan fingerprint density at radius 1 is 0.915 bits per heavy atom. The van der Waals surface area contributed by atoms with Crippen LogP contribution in [-0.4, -0.2) is 34.7 Å². The molecule has 1 fully saturated rings. The number of rotatable bonds is 11. The third-order valence-corrected chi connectivity index (χ3v) is 7.66. The maximum Gasteiger partial charge on any atom is 0.267 e. The van der Waals surface area contributed by atoms with E-state index in [9.17, 15) is 14.0 Å². The number of ether oxygens (including phenoxy) is 2. The van der Waals surface area contributed by atoms with E-state index in [1.165, 1.54) is 29.2 Å². The first-order valence-electron chi connectivity index (χ1n) is 14.5. The van der Waals surface area contributed by atoms with E-state index in [-0.39, 0.29) is 19.1 Å². The molecule has 0 unspecified atom stereocenters.